The molecule has 0 fully saturated rings. The zero-order valence-corrected chi connectivity index (χ0v) is 10.1. The van der Waals surface area contributed by atoms with E-state index in [9.17, 15) is 9.18 Å². The van der Waals surface area contributed by atoms with Gasteiger partial charge in [0.2, 0.25) is 0 Å². The van der Waals surface area contributed by atoms with Crippen molar-refractivity contribution in [3.8, 4) is 6.07 Å². The summed E-state index contributed by atoms with van der Waals surface area (Å²) in [6.07, 6.45) is 0. The van der Waals surface area contributed by atoms with Gasteiger partial charge in [-0.25, -0.2) is 4.39 Å². The zero-order valence-electron chi connectivity index (χ0n) is 10.1. The van der Waals surface area contributed by atoms with E-state index in [1.807, 2.05) is 12.1 Å². The molecule has 94 valence electrons. The van der Waals surface area contributed by atoms with Crippen molar-refractivity contribution in [2.45, 2.75) is 6.54 Å². The molecule has 0 atom stereocenters. The van der Waals surface area contributed by atoms with Crippen LogP contribution in [0.2, 0.25) is 0 Å². The highest BCUT2D eigenvalue weighted by Gasteiger charge is 2.05. The molecule has 1 N–H and O–H groups in total. The largest absolute Gasteiger partial charge is 0.348 e. The van der Waals surface area contributed by atoms with Gasteiger partial charge >= 0.3 is 0 Å². The summed E-state index contributed by atoms with van der Waals surface area (Å²) >= 11 is 0. The van der Waals surface area contributed by atoms with Crippen molar-refractivity contribution in [2.75, 3.05) is 0 Å². The molecule has 0 saturated carbocycles. The van der Waals surface area contributed by atoms with E-state index in [1.165, 1.54) is 24.3 Å². The maximum atomic E-state index is 12.7. The Morgan fingerprint density at radius 1 is 1.21 bits per heavy atom. The highest BCUT2D eigenvalue weighted by molar-refractivity contribution is 5.94. The van der Waals surface area contributed by atoms with Gasteiger partial charge < -0.3 is 5.32 Å². The number of carbonyl (C=O) groups excluding carboxylic acids is 1. The molecule has 3 nitrogen and oxygen atoms in total. The van der Waals surface area contributed by atoms with Crippen LogP contribution in [0.1, 0.15) is 21.5 Å². The highest BCUT2D eigenvalue weighted by atomic mass is 19.1. The van der Waals surface area contributed by atoms with Gasteiger partial charge in [-0.1, -0.05) is 12.1 Å². The molecule has 0 heterocycles. The Morgan fingerprint density at radius 3 is 2.63 bits per heavy atom. The van der Waals surface area contributed by atoms with Crippen LogP contribution in [0.15, 0.2) is 48.5 Å². The van der Waals surface area contributed by atoms with Gasteiger partial charge in [0.15, 0.2) is 0 Å². The van der Waals surface area contributed by atoms with E-state index in [1.54, 1.807) is 18.2 Å². The number of carbonyl (C=O) groups is 1. The predicted octanol–water partition coefficient (Wildman–Crippen LogP) is 2.63. The number of amides is 1. The SMILES string of the molecule is N#Cc1cccc(CNC(=O)c2ccc(F)cc2)c1. The van der Waals surface area contributed by atoms with Crippen molar-refractivity contribution in [3.05, 3.63) is 71.0 Å². The van der Waals surface area contributed by atoms with Crippen LogP contribution >= 0.6 is 0 Å². The number of benzene rings is 2. The molecule has 2 aromatic rings. The van der Waals surface area contributed by atoms with Crippen LogP contribution in [0.5, 0.6) is 0 Å². The van der Waals surface area contributed by atoms with Gasteiger partial charge in [-0.15, -0.1) is 0 Å². The number of hydrogen-bond donors (Lipinski definition) is 1. The van der Waals surface area contributed by atoms with E-state index in [0.717, 1.165) is 5.56 Å². The molecule has 0 saturated heterocycles. The molecule has 19 heavy (non-hydrogen) atoms. The monoisotopic (exact) mass is 254 g/mol. The molecule has 0 spiro atoms. The van der Waals surface area contributed by atoms with E-state index in [2.05, 4.69) is 5.32 Å². The third kappa shape index (κ3) is 3.39. The molecular weight excluding hydrogens is 243 g/mol. The Bertz CT molecular complexity index is 629. The van der Waals surface area contributed by atoms with Crippen LogP contribution < -0.4 is 5.32 Å². The number of halogens is 1. The Hall–Kier alpha value is -2.67. The van der Waals surface area contributed by atoms with E-state index in [-0.39, 0.29) is 11.7 Å². The number of rotatable bonds is 3. The first kappa shape index (κ1) is 12.8. The molecule has 0 radical (unpaired) electrons. The van der Waals surface area contributed by atoms with Gasteiger partial charge in [-0.05, 0) is 42.0 Å². The second kappa shape index (κ2) is 5.78. The van der Waals surface area contributed by atoms with Crippen molar-refractivity contribution in [1.29, 1.82) is 5.26 Å². The van der Waals surface area contributed by atoms with Crippen molar-refractivity contribution >= 4 is 5.91 Å². The highest BCUT2D eigenvalue weighted by Crippen LogP contribution is 2.06. The molecule has 0 aliphatic carbocycles. The summed E-state index contributed by atoms with van der Waals surface area (Å²) in [7, 11) is 0. The van der Waals surface area contributed by atoms with Crippen molar-refractivity contribution in [1.82, 2.24) is 5.32 Å². The number of nitrogens with zero attached hydrogens (tertiary/aromatic N) is 1. The van der Waals surface area contributed by atoms with Gasteiger partial charge in [-0.3, -0.25) is 4.79 Å². The summed E-state index contributed by atoms with van der Waals surface area (Å²) < 4.78 is 12.7. The average Bonchev–Trinajstić information content (AvgIpc) is 2.46. The first-order chi connectivity index (χ1) is 9.19. The number of nitrogens with one attached hydrogen (secondary N) is 1. The lowest BCUT2D eigenvalue weighted by Crippen LogP contribution is -2.22. The van der Waals surface area contributed by atoms with Gasteiger partial charge in [0.25, 0.3) is 5.91 Å². The minimum absolute atomic E-state index is 0.276. The number of hydrogen-bond acceptors (Lipinski definition) is 2. The molecule has 2 rings (SSSR count). The zero-order chi connectivity index (χ0) is 13.7. The molecular formula is C15H11FN2O. The normalized spacial score (nSPS) is 9.68. The smallest absolute Gasteiger partial charge is 0.251 e. The van der Waals surface area contributed by atoms with Crippen molar-refractivity contribution < 1.29 is 9.18 Å². The maximum Gasteiger partial charge on any atom is 0.251 e. The Labute approximate surface area is 110 Å². The molecule has 0 aliphatic rings. The van der Waals surface area contributed by atoms with Crippen LogP contribution in [-0.2, 0) is 6.54 Å². The summed E-state index contributed by atoms with van der Waals surface area (Å²) in [4.78, 5) is 11.8. The van der Waals surface area contributed by atoms with E-state index >= 15 is 0 Å². The minimum atomic E-state index is -0.377. The fourth-order valence-corrected chi connectivity index (χ4v) is 1.64. The topological polar surface area (TPSA) is 52.9 Å². The summed E-state index contributed by atoms with van der Waals surface area (Å²) in [6.45, 7) is 0.325. The second-order valence-corrected chi connectivity index (χ2v) is 4.00. The lowest BCUT2D eigenvalue weighted by atomic mass is 10.1. The second-order valence-electron chi connectivity index (χ2n) is 4.00. The predicted molar refractivity (Wildman–Crippen MR) is 68.7 cm³/mol. The van der Waals surface area contributed by atoms with E-state index in [4.69, 9.17) is 5.26 Å². The van der Waals surface area contributed by atoms with Crippen LogP contribution in [0.25, 0.3) is 0 Å². The quantitative estimate of drug-likeness (QED) is 0.915. The van der Waals surface area contributed by atoms with Gasteiger partial charge in [-0.2, -0.15) is 5.26 Å². The lowest BCUT2D eigenvalue weighted by Gasteiger charge is -2.05. The Kier molecular flexibility index (Phi) is 3.89. The standard InChI is InChI=1S/C15H11FN2O/c16-14-6-4-13(5-7-14)15(19)18-10-12-3-1-2-11(8-12)9-17/h1-8H,10H2,(H,18,19). The molecule has 0 bridgehead atoms. The molecule has 0 aromatic heterocycles. The lowest BCUT2D eigenvalue weighted by molar-refractivity contribution is 0.0951. The molecule has 4 heteroatoms. The maximum absolute atomic E-state index is 12.7. The van der Waals surface area contributed by atoms with Crippen LogP contribution in [0.3, 0.4) is 0 Å². The molecule has 1 amide bonds. The Balaban J connectivity index is 2.00. The number of nitriles is 1. The van der Waals surface area contributed by atoms with E-state index in [0.29, 0.717) is 17.7 Å². The summed E-state index contributed by atoms with van der Waals surface area (Å²) in [5.41, 5.74) is 1.79. The van der Waals surface area contributed by atoms with Crippen molar-refractivity contribution in [2.24, 2.45) is 0 Å². The van der Waals surface area contributed by atoms with E-state index < -0.39 is 0 Å². The fraction of sp³-hybridized carbons (Fsp3) is 0.0667. The van der Waals surface area contributed by atoms with Crippen molar-refractivity contribution in [3.63, 3.8) is 0 Å². The first-order valence-electron chi connectivity index (χ1n) is 5.72. The van der Waals surface area contributed by atoms with Gasteiger partial charge in [0.05, 0.1) is 11.6 Å². The molecule has 2 aromatic carbocycles. The van der Waals surface area contributed by atoms with Gasteiger partial charge in [0, 0.05) is 12.1 Å². The first-order valence-corrected chi connectivity index (χ1v) is 5.72. The third-order valence-electron chi connectivity index (χ3n) is 2.62. The molecule has 0 aliphatic heterocycles. The average molecular weight is 254 g/mol. The summed E-state index contributed by atoms with van der Waals surface area (Å²) in [5, 5.41) is 11.5. The van der Waals surface area contributed by atoms with Crippen LogP contribution in [0, 0.1) is 17.1 Å². The summed E-state index contributed by atoms with van der Waals surface area (Å²) in [6, 6.07) is 14.4. The van der Waals surface area contributed by atoms with Crippen LogP contribution in [-0.4, -0.2) is 5.91 Å². The Morgan fingerprint density at radius 2 is 1.95 bits per heavy atom. The van der Waals surface area contributed by atoms with Gasteiger partial charge in [0.1, 0.15) is 5.82 Å². The third-order valence-corrected chi connectivity index (χ3v) is 2.62. The fourth-order valence-electron chi connectivity index (χ4n) is 1.64. The minimum Gasteiger partial charge on any atom is -0.348 e. The molecule has 0 unspecified atom stereocenters. The van der Waals surface area contributed by atoms with Crippen LogP contribution in [0.4, 0.5) is 4.39 Å². The summed E-state index contributed by atoms with van der Waals surface area (Å²) in [5.74, 6) is -0.652.